The monoisotopic (exact) mass is 448 g/mol. The summed E-state index contributed by atoms with van der Waals surface area (Å²) in [6.07, 6.45) is 0. The summed E-state index contributed by atoms with van der Waals surface area (Å²) in [5.41, 5.74) is 3.22. The van der Waals surface area contributed by atoms with E-state index in [2.05, 4.69) is 29.3 Å². The summed E-state index contributed by atoms with van der Waals surface area (Å²) in [7, 11) is 3.24. The zero-order valence-corrected chi connectivity index (χ0v) is 19.5. The number of allylic oxidation sites excluding steroid dienone is 1. The van der Waals surface area contributed by atoms with E-state index in [4.69, 9.17) is 14.0 Å². The molecule has 1 aromatic heterocycles. The van der Waals surface area contributed by atoms with Crippen molar-refractivity contribution in [3.05, 3.63) is 65.7 Å². The highest BCUT2D eigenvalue weighted by atomic mass is 16.5. The van der Waals surface area contributed by atoms with Crippen molar-refractivity contribution in [1.29, 1.82) is 0 Å². The van der Waals surface area contributed by atoms with Crippen LogP contribution in [-0.4, -0.2) is 41.8 Å². The third-order valence-corrected chi connectivity index (χ3v) is 5.58. The first kappa shape index (κ1) is 22.4. The first-order valence-corrected chi connectivity index (χ1v) is 10.8. The summed E-state index contributed by atoms with van der Waals surface area (Å²) in [6.45, 7) is 6.64. The van der Waals surface area contributed by atoms with Crippen molar-refractivity contribution in [2.45, 2.75) is 26.8 Å². The second-order valence-corrected chi connectivity index (χ2v) is 8.31. The molecule has 1 atom stereocenters. The number of urea groups is 1. The predicted molar refractivity (Wildman–Crippen MR) is 125 cm³/mol. The molecule has 3 aromatic rings. The Morgan fingerprint density at radius 2 is 1.82 bits per heavy atom. The van der Waals surface area contributed by atoms with Crippen molar-refractivity contribution in [2.75, 3.05) is 20.8 Å². The molecule has 0 aliphatic carbocycles. The van der Waals surface area contributed by atoms with Gasteiger partial charge in [-0.05, 0) is 54.8 Å². The number of ether oxygens (including phenoxy) is 2. The zero-order chi connectivity index (χ0) is 23.5. The van der Waals surface area contributed by atoms with Crippen LogP contribution in [0.2, 0.25) is 0 Å². The van der Waals surface area contributed by atoms with Crippen LogP contribution in [0.15, 0.2) is 58.8 Å². The smallest absolute Gasteiger partial charge is 0.322 e. The van der Waals surface area contributed by atoms with Crippen molar-refractivity contribution in [1.82, 2.24) is 20.4 Å². The first-order valence-electron chi connectivity index (χ1n) is 10.8. The minimum Gasteiger partial charge on any atom is -0.497 e. The summed E-state index contributed by atoms with van der Waals surface area (Å²) >= 11 is 0. The molecule has 1 N–H and O–H groups in total. The third kappa shape index (κ3) is 4.55. The number of carbonyl (C=O) groups is 1. The Balaban J connectivity index is 1.79. The molecule has 0 saturated heterocycles. The van der Waals surface area contributed by atoms with Crippen molar-refractivity contribution in [2.24, 2.45) is 5.92 Å². The number of aromatic nitrogens is 2. The van der Waals surface area contributed by atoms with E-state index in [0.29, 0.717) is 24.0 Å². The van der Waals surface area contributed by atoms with Crippen LogP contribution in [0.4, 0.5) is 4.79 Å². The van der Waals surface area contributed by atoms with Crippen LogP contribution in [-0.2, 0) is 0 Å². The minimum absolute atomic E-state index is 0.160. The molecule has 8 heteroatoms. The molecule has 4 rings (SSSR count). The Hall–Kier alpha value is -3.81. The highest BCUT2D eigenvalue weighted by Crippen LogP contribution is 2.38. The summed E-state index contributed by atoms with van der Waals surface area (Å²) in [5.74, 6) is 2.56. The molecule has 0 fully saturated rings. The average Bonchev–Trinajstić information content (AvgIpc) is 3.31. The number of nitrogens with one attached hydrogen (secondary N) is 1. The van der Waals surface area contributed by atoms with Gasteiger partial charge in [0, 0.05) is 17.8 Å². The number of benzene rings is 2. The summed E-state index contributed by atoms with van der Waals surface area (Å²) in [6, 6.07) is 14.4. The van der Waals surface area contributed by atoms with Gasteiger partial charge < -0.3 is 19.3 Å². The van der Waals surface area contributed by atoms with E-state index in [1.807, 2.05) is 55.5 Å². The van der Waals surface area contributed by atoms with E-state index in [1.165, 1.54) is 0 Å². The van der Waals surface area contributed by atoms with Gasteiger partial charge in [-0.2, -0.15) is 4.98 Å². The van der Waals surface area contributed by atoms with Gasteiger partial charge in [0.15, 0.2) is 0 Å². The van der Waals surface area contributed by atoms with Crippen LogP contribution in [0.1, 0.15) is 38.3 Å². The fourth-order valence-electron chi connectivity index (χ4n) is 3.90. The number of nitrogens with zero attached hydrogens (tertiary/aromatic N) is 3. The third-order valence-electron chi connectivity index (χ3n) is 5.58. The molecule has 1 unspecified atom stereocenters. The molecule has 0 saturated carbocycles. The topological polar surface area (TPSA) is 89.7 Å². The maximum atomic E-state index is 13.0. The molecule has 33 heavy (non-hydrogen) atoms. The summed E-state index contributed by atoms with van der Waals surface area (Å²) in [4.78, 5) is 19.4. The van der Waals surface area contributed by atoms with Gasteiger partial charge in [0.25, 0.3) is 5.89 Å². The first-order chi connectivity index (χ1) is 15.9. The van der Waals surface area contributed by atoms with E-state index < -0.39 is 6.04 Å². The van der Waals surface area contributed by atoms with Crippen LogP contribution in [0.3, 0.4) is 0 Å². The SMILES string of the molecule is COc1ccc(-c2noc(C3=C(C)N(CC(C)C)C(=O)NC3c3cccc(OC)c3)n2)cc1. The molecule has 2 heterocycles. The fourth-order valence-corrected chi connectivity index (χ4v) is 3.90. The fraction of sp³-hybridized carbons (Fsp3) is 0.320. The van der Waals surface area contributed by atoms with Crippen LogP contribution in [0, 0.1) is 5.92 Å². The molecule has 1 aliphatic heterocycles. The molecule has 2 amide bonds. The molecular weight excluding hydrogens is 420 g/mol. The highest BCUT2D eigenvalue weighted by molar-refractivity contribution is 5.87. The van der Waals surface area contributed by atoms with Crippen LogP contribution >= 0.6 is 0 Å². The lowest BCUT2D eigenvalue weighted by Crippen LogP contribution is -2.47. The maximum Gasteiger partial charge on any atom is 0.322 e. The zero-order valence-electron chi connectivity index (χ0n) is 19.5. The Kier molecular flexibility index (Phi) is 6.35. The van der Waals surface area contributed by atoms with Gasteiger partial charge in [0.2, 0.25) is 5.82 Å². The van der Waals surface area contributed by atoms with Gasteiger partial charge in [-0.3, -0.25) is 4.90 Å². The van der Waals surface area contributed by atoms with Crippen LogP contribution < -0.4 is 14.8 Å². The number of hydrogen-bond donors (Lipinski definition) is 1. The lowest BCUT2D eigenvalue weighted by molar-refractivity contribution is 0.199. The largest absolute Gasteiger partial charge is 0.497 e. The molecule has 0 bridgehead atoms. The maximum absolute atomic E-state index is 13.0. The van der Waals surface area contributed by atoms with Crippen molar-refractivity contribution < 1.29 is 18.8 Å². The van der Waals surface area contributed by atoms with E-state index in [1.54, 1.807) is 19.1 Å². The lowest BCUT2D eigenvalue weighted by atomic mass is 9.94. The Morgan fingerprint density at radius 3 is 2.48 bits per heavy atom. The summed E-state index contributed by atoms with van der Waals surface area (Å²) < 4.78 is 16.3. The normalized spacial score (nSPS) is 16.2. The van der Waals surface area contributed by atoms with Gasteiger partial charge in [0.05, 0.1) is 25.8 Å². The van der Waals surface area contributed by atoms with Gasteiger partial charge >= 0.3 is 6.03 Å². The Bertz CT molecular complexity index is 1170. The lowest BCUT2D eigenvalue weighted by Gasteiger charge is -2.36. The number of rotatable bonds is 7. The number of methoxy groups -OCH3 is 2. The van der Waals surface area contributed by atoms with E-state index >= 15 is 0 Å². The minimum atomic E-state index is -0.458. The average molecular weight is 449 g/mol. The second-order valence-electron chi connectivity index (χ2n) is 8.31. The molecule has 0 spiro atoms. The predicted octanol–water partition coefficient (Wildman–Crippen LogP) is 4.91. The summed E-state index contributed by atoms with van der Waals surface area (Å²) in [5, 5.41) is 7.31. The quantitative estimate of drug-likeness (QED) is 0.553. The number of amides is 2. The van der Waals surface area contributed by atoms with E-state index in [0.717, 1.165) is 28.1 Å². The molecule has 1 aliphatic rings. The van der Waals surface area contributed by atoms with Crippen molar-refractivity contribution in [3.8, 4) is 22.9 Å². The Morgan fingerprint density at radius 1 is 1.09 bits per heavy atom. The highest BCUT2D eigenvalue weighted by Gasteiger charge is 2.36. The molecular formula is C25H28N4O4. The van der Waals surface area contributed by atoms with Gasteiger partial charge in [-0.15, -0.1) is 0 Å². The molecule has 172 valence electrons. The van der Waals surface area contributed by atoms with Gasteiger partial charge in [0.1, 0.15) is 11.5 Å². The second kappa shape index (κ2) is 9.36. The van der Waals surface area contributed by atoms with Crippen LogP contribution in [0.5, 0.6) is 11.5 Å². The van der Waals surface area contributed by atoms with Gasteiger partial charge in [-0.25, -0.2) is 4.79 Å². The van der Waals surface area contributed by atoms with Crippen molar-refractivity contribution in [3.63, 3.8) is 0 Å². The standard InChI is InChI=1S/C25H28N4O4/c1-15(2)14-29-16(3)21(22(26-25(29)30)18-7-6-8-20(13-18)32-5)24-27-23(28-33-24)17-9-11-19(31-4)12-10-17/h6-13,15,22H,14H2,1-5H3,(H,26,30). The molecule has 8 nitrogen and oxygen atoms in total. The van der Waals surface area contributed by atoms with Crippen molar-refractivity contribution >= 4 is 11.6 Å². The van der Waals surface area contributed by atoms with E-state index in [-0.39, 0.29) is 11.9 Å². The Labute approximate surface area is 193 Å². The molecule has 0 radical (unpaired) electrons. The number of hydrogen-bond acceptors (Lipinski definition) is 6. The van der Waals surface area contributed by atoms with Crippen LogP contribution in [0.25, 0.3) is 17.0 Å². The van der Waals surface area contributed by atoms with Gasteiger partial charge in [-0.1, -0.05) is 31.1 Å². The molecule has 2 aromatic carbocycles. The number of carbonyl (C=O) groups excluding carboxylic acids is 1. The van der Waals surface area contributed by atoms with E-state index in [9.17, 15) is 4.79 Å².